The highest BCUT2D eigenvalue weighted by molar-refractivity contribution is 7.89. The van der Waals surface area contributed by atoms with Crippen LogP contribution in [0.4, 0.5) is 0 Å². The SMILES string of the molecule is CCCC[C@H](NC(=O)c1cc(S(N)(=O)=O)ccc1OC)C(=O)O. The highest BCUT2D eigenvalue weighted by Crippen LogP contribution is 2.22. The van der Waals surface area contributed by atoms with Gasteiger partial charge >= 0.3 is 5.97 Å². The molecule has 0 bridgehead atoms. The number of primary sulfonamides is 1. The van der Waals surface area contributed by atoms with Gasteiger partial charge in [0.05, 0.1) is 17.6 Å². The van der Waals surface area contributed by atoms with E-state index in [0.29, 0.717) is 6.42 Å². The number of carbonyl (C=O) groups excluding carboxylic acids is 1. The van der Waals surface area contributed by atoms with Gasteiger partial charge < -0.3 is 15.2 Å². The van der Waals surface area contributed by atoms with Crippen molar-refractivity contribution in [2.75, 3.05) is 7.11 Å². The Labute approximate surface area is 134 Å². The van der Waals surface area contributed by atoms with E-state index in [9.17, 15) is 18.0 Å². The Kier molecular flexibility index (Phi) is 6.52. The summed E-state index contributed by atoms with van der Waals surface area (Å²) < 4.78 is 27.8. The number of nitrogens with one attached hydrogen (secondary N) is 1. The fourth-order valence-corrected chi connectivity index (χ4v) is 2.48. The zero-order valence-electron chi connectivity index (χ0n) is 12.9. The molecule has 0 radical (unpaired) electrons. The Morgan fingerprint density at radius 1 is 1.39 bits per heavy atom. The molecule has 128 valence electrons. The van der Waals surface area contributed by atoms with Crippen molar-refractivity contribution in [2.45, 2.75) is 37.1 Å². The van der Waals surface area contributed by atoms with Crippen molar-refractivity contribution in [2.24, 2.45) is 5.14 Å². The molecule has 9 heteroatoms. The summed E-state index contributed by atoms with van der Waals surface area (Å²) in [5.41, 5.74) is -0.0956. The van der Waals surface area contributed by atoms with Crippen molar-refractivity contribution < 1.29 is 27.9 Å². The van der Waals surface area contributed by atoms with Gasteiger partial charge in [-0.05, 0) is 24.6 Å². The highest BCUT2D eigenvalue weighted by Gasteiger charge is 2.23. The van der Waals surface area contributed by atoms with Crippen molar-refractivity contribution in [3.63, 3.8) is 0 Å². The number of sulfonamides is 1. The Balaban J connectivity index is 3.12. The molecule has 8 nitrogen and oxygen atoms in total. The maximum Gasteiger partial charge on any atom is 0.326 e. The van der Waals surface area contributed by atoms with E-state index < -0.39 is 27.9 Å². The molecule has 0 saturated heterocycles. The first kappa shape index (κ1) is 18.9. The number of benzene rings is 1. The van der Waals surface area contributed by atoms with Crippen molar-refractivity contribution in [3.05, 3.63) is 23.8 Å². The molecule has 1 aromatic rings. The molecule has 0 aliphatic heterocycles. The molecule has 0 aromatic heterocycles. The molecule has 0 fully saturated rings. The lowest BCUT2D eigenvalue weighted by atomic mass is 10.1. The van der Waals surface area contributed by atoms with Gasteiger partial charge in [0.2, 0.25) is 10.0 Å². The minimum Gasteiger partial charge on any atom is -0.496 e. The Morgan fingerprint density at radius 3 is 2.52 bits per heavy atom. The summed E-state index contributed by atoms with van der Waals surface area (Å²) in [5.74, 6) is -1.78. The van der Waals surface area contributed by atoms with Gasteiger partial charge in [-0.1, -0.05) is 19.8 Å². The third kappa shape index (κ3) is 5.22. The maximum atomic E-state index is 12.3. The maximum absolute atomic E-state index is 12.3. The minimum absolute atomic E-state index is 0.0956. The standard InChI is InChI=1S/C14H20N2O6S/c1-3-4-5-11(14(18)19)16-13(17)10-8-9(23(15,20)21)6-7-12(10)22-2/h6-8,11H,3-5H2,1-2H3,(H,16,17)(H,18,19)(H2,15,20,21)/t11-/m0/s1. The number of carbonyl (C=O) groups is 2. The molecule has 0 aliphatic carbocycles. The Bertz CT molecular complexity index is 687. The second-order valence-corrected chi connectivity index (χ2v) is 6.48. The van der Waals surface area contributed by atoms with Gasteiger partial charge in [0, 0.05) is 0 Å². The smallest absolute Gasteiger partial charge is 0.326 e. The van der Waals surface area contributed by atoms with E-state index in [4.69, 9.17) is 15.0 Å². The van der Waals surface area contributed by atoms with Gasteiger partial charge in [0.25, 0.3) is 5.91 Å². The van der Waals surface area contributed by atoms with E-state index in [1.807, 2.05) is 6.92 Å². The van der Waals surface area contributed by atoms with Crippen molar-refractivity contribution >= 4 is 21.9 Å². The third-order valence-electron chi connectivity index (χ3n) is 3.19. The van der Waals surface area contributed by atoms with E-state index in [-0.39, 0.29) is 22.6 Å². The van der Waals surface area contributed by atoms with Crippen LogP contribution in [0.1, 0.15) is 36.5 Å². The first-order valence-electron chi connectivity index (χ1n) is 6.95. The lowest BCUT2D eigenvalue weighted by Crippen LogP contribution is -2.40. The van der Waals surface area contributed by atoms with Crippen molar-refractivity contribution in [1.82, 2.24) is 5.32 Å². The normalized spacial score (nSPS) is 12.5. The lowest BCUT2D eigenvalue weighted by molar-refractivity contribution is -0.139. The van der Waals surface area contributed by atoms with E-state index >= 15 is 0 Å². The van der Waals surface area contributed by atoms with Crippen LogP contribution in [0.15, 0.2) is 23.1 Å². The summed E-state index contributed by atoms with van der Waals surface area (Å²) in [5, 5.41) is 16.5. The predicted molar refractivity (Wildman–Crippen MR) is 82.8 cm³/mol. The molecule has 0 saturated carbocycles. The predicted octanol–water partition coefficient (Wildman–Crippen LogP) is 0.716. The van der Waals surface area contributed by atoms with Crippen molar-refractivity contribution in [3.8, 4) is 5.75 Å². The minimum atomic E-state index is -3.99. The van der Waals surface area contributed by atoms with Crippen LogP contribution in [0.25, 0.3) is 0 Å². The van der Waals surface area contributed by atoms with Gasteiger partial charge in [-0.3, -0.25) is 4.79 Å². The number of ether oxygens (including phenoxy) is 1. The average Bonchev–Trinajstić information content (AvgIpc) is 2.49. The van der Waals surface area contributed by atoms with Crippen LogP contribution >= 0.6 is 0 Å². The summed E-state index contributed by atoms with van der Waals surface area (Å²) in [6, 6.07) is 2.49. The third-order valence-corrected chi connectivity index (χ3v) is 4.10. The summed E-state index contributed by atoms with van der Waals surface area (Å²) in [7, 11) is -2.68. The average molecular weight is 344 g/mol. The van der Waals surface area contributed by atoms with E-state index in [2.05, 4.69) is 5.32 Å². The van der Waals surface area contributed by atoms with Gasteiger partial charge in [-0.2, -0.15) is 0 Å². The zero-order chi connectivity index (χ0) is 17.6. The quantitative estimate of drug-likeness (QED) is 0.635. The number of carboxylic acid groups (broad SMARTS) is 1. The molecule has 23 heavy (non-hydrogen) atoms. The molecule has 0 unspecified atom stereocenters. The lowest BCUT2D eigenvalue weighted by Gasteiger charge is -2.16. The number of hydrogen-bond donors (Lipinski definition) is 3. The second kappa shape index (κ2) is 7.93. The number of methoxy groups -OCH3 is 1. The topological polar surface area (TPSA) is 136 Å². The van der Waals surface area contributed by atoms with Crippen LogP contribution in [0.5, 0.6) is 5.75 Å². The molecule has 1 amide bonds. The summed E-state index contributed by atoms with van der Waals surface area (Å²) in [4.78, 5) is 23.2. The highest BCUT2D eigenvalue weighted by atomic mass is 32.2. The van der Waals surface area contributed by atoms with Crippen molar-refractivity contribution in [1.29, 1.82) is 0 Å². The van der Waals surface area contributed by atoms with Crippen LogP contribution in [0, 0.1) is 0 Å². The van der Waals surface area contributed by atoms with Gasteiger partial charge in [0.1, 0.15) is 11.8 Å². The number of hydrogen-bond acceptors (Lipinski definition) is 5. The first-order chi connectivity index (χ1) is 10.7. The zero-order valence-corrected chi connectivity index (χ0v) is 13.7. The molecule has 0 heterocycles. The van der Waals surface area contributed by atoms with E-state index in [0.717, 1.165) is 12.5 Å². The van der Waals surface area contributed by atoms with Gasteiger partial charge in [-0.25, -0.2) is 18.4 Å². The molecular weight excluding hydrogens is 324 g/mol. The van der Waals surface area contributed by atoms with Crippen LogP contribution in [0.3, 0.4) is 0 Å². The fraction of sp³-hybridized carbons (Fsp3) is 0.429. The molecular formula is C14H20N2O6S. The molecule has 4 N–H and O–H groups in total. The number of unbranched alkanes of at least 4 members (excludes halogenated alkanes) is 1. The number of aliphatic carboxylic acids is 1. The Morgan fingerprint density at radius 2 is 2.04 bits per heavy atom. The Hall–Kier alpha value is -2.13. The number of carboxylic acids is 1. The van der Waals surface area contributed by atoms with Crippen LogP contribution in [0.2, 0.25) is 0 Å². The van der Waals surface area contributed by atoms with E-state index in [1.165, 1.54) is 19.2 Å². The molecule has 1 atom stereocenters. The molecule has 0 aliphatic rings. The summed E-state index contributed by atoms with van der Waals surface area (Å²) in [6.45, 7) is 1.90. The second-order valence-electron chi connectivity index (χ2n) is 4.91. The number of amides is 1. The summed E-state index contributed by atoms with van der Waals surface area (Å²) >= 11 is 0. The van der Waals surface area contributed by atoms with Crippen LogP contribution in [-0.4, -0.2) is 38.6 Å². The van der Waals surface area contributed by atoms with Gasteiger partial charge in [-0.15, -0.1) is 0 Å². The van der Waals surface area contributed by atoms with E-state index in [1.54, 1.807) is 0 Å². The monoisotopic (exact) mass is 344 g/mol. The first-order valence-corrected chi connectivity index (χ1v) is 8.49. The van der Waals surface area contributed by atoms with Crippen LogP contribution < -0.4 is 15.2 Å². The largest absolute Gasteiger partial charge is 0.496 e. The summed E-state index contributed by atoms with van der Waals surface area (Å²) in [6.07, 6.45) is 1.68. The van der Waals surface area contributed by atoms with Gasteiger partial charge in [0.15, 0.2) is 0 Å². The molecule has 1 aromatic carbocycles. The number of rotatable bonds is 8. The van der Waals surface area contributed by atoms with Crippen LogP contribution in [-0.2, 0) is 14.8 Å². The molecule has 0 spiro atoms. The number of nitrogens with two attached hydrogens (primary N) is 1. The molecule has 1 rings (SSSR count). The fourth-order valence-electron chi connectivity index (χ4n) is 1.94.